The summed E-state index contributed by atoms with van der Waals surface area (Å²) in [6, 6.07) is 12.2. The third-order valence-electron chi connectivity index (χ3n) is 3.77. The Balaban J connectivity index is 0.00000176. The lowest BCUT2D eigenvalue weighted by Gasteiger charge is -2.19. The molecule has 27 heavy (non-hydrogen) atoms. The van der Waals surface area contributed by atoms with Crippen LogP contribution in [0.4, 0.5) is 8.78 Å². The zero-order valence-electron chi connectivity index (χ0n) is 15.5. The molecule has 0 spiro atoms. The van der Waals surface area contributed by atoms with E-state index in [0.717, 1.165) is 23.8 Å². The topological polar surface area (TPSA) is 57.5 Å². The first kappa shape index (κ1) is 24.3. The Bertz CT molecular complexity index is 796. The molecule has 0 atom stereocenters. The predicted octanol–water partition coefficient (Wildman–Crippen LogP) is 6.49. The van der Waals surface area contributed by atoms with Crippen LogP contribution in [0.2, 0.25) is 0 Å². The van der Waals surface area contributed by atoms with Crippen molar-refractivity contribution in [2.24, 2.45) is 0 Å². The number of aryl methyl sites for hydroxylation is 2. The van der Waals surface area contributed by atoms with Gasteiger partial charge in [-0.3, -0.25) is 4.57 Å². The molecule has 2 rings (SSSR count). The molecule has 0 unspecified atom stereocenters. The van der Waals surface area contributed by atoms with Gasteiger partial charge in [-0.05, 0) is 41.9 Å². The maximum Gasteiger partial charge on any atom is 0.399 e. The standard InChI is InChI=1S/C17H18BrF2O3PS.C2H6/c1-12-4-2-3-5-14(12)8-9-25-11-13-6-7-15(16(18)10-13)17(19,20)24(21,22)23;1-2/h2-7,10H,8-9,11H2,1H3,(H2,21,22,23);1-2H3. The van der Waals surface area contributed by atoms with Crippen molar-refractivity contribution in [2.75, 3.05) is 5.75 Å². The van der Waals surface area contributed by atoms with Crippen LogP contribution in [0.3, 0.4) is 0 Å². The Morgan fingerprint density at radius 3 is 2.33 bits per heavy atom. The molecule has 0 saturated heterocycles. The van der Waals surface area contributed by atoms with Crippen molar-refractivity contribution < 1.29 is 23.1 Å². The number of rotatable bonds is 7. The zero-order chi connectivity index (χ0) is 20.7. The maximum absolute atomic E-state index is 13.8. The van der Waals surface area contributed by atoms with Gasteiger partial charge in [0.1, 0.15) is 0 Å². The van der Waals surface area contributed by atoms with Crippen LogP contribution >= 0.6 is 35.3 Å². The minimum Gasteiger partial charge on any atom is -0.320 e. The van der Waals surface area contributed by atoms with Crippen molar-refractivity contribution in [3.8, 4) is 0 Å². The summed E-state index contributed by atoms with van der Waals surface area (Å²) in [5.74, 6) is 1.52. The molecule has 0 bridgehead atoms. The van der Waals surface area contributed by atoms with Gasteiger partial charge in [-0.15, -0.1) is 0 Å². The summed E-state index contributed by atoms with van der Waals surface area (Å²) in [6.07, 6.45) is 0.923. The van der Waals surface area contributed by atoms with E-state index in [9.17, 15) is 13.3 Å². The van der Waals surface area contributed by atoms with Gasteiger partial charge in [-0.25, -0.2) is 0 Å². The SMILES string of the molecule is CC.Cc1ccccc1CCSCc1ccc(C(F)(F)P(=O)(O)O)c(Br)c1. The minimum atomic E-state index is -5.57. The summed E-state index contributed by atoms with van der Waals surface area (Å²) in [5.41, 5.74) is -1.56. The van der Waals surface area contributed by atoms with Crippen molar-refractivity contribution >= 4 is 35.3 Å². The highest BCUT2D eigenvalue weighted by Gasteiger charge is 2.51. The molecule has 0 aliphatic carbocycles. The van der Waals surface area contributed by atoms with E-state index in [1.807, 2.05) is 26.0 Å². The van der Waals surface area contributed by atoms with Gasteiger partial charge in [-0.2, -0.15) is 20.5 Å². The molecular formula is C19H24BrF2O3PS. The number of alkyl halides is 2. The minimum absolute atomic E-state index is 0.00201. The van der Waals surface area contributed by atoms with Gasteiger partial charge in [0.05, 0.1) is 0 Å². The Kier molecular flexibility index (Phi) is 9.66. The molecule has 8 heteroatoms. The van der Waals surface area contributed by atoms with Gasteiger partial charge in [0.25, 0.3) is 0 Å². The summed E-state index contributed by atoms with van der Waals surface area (Å²) in [6.45, 7) is 6.07. The highest BCUT2D eigenvalue weighted by Crippen LogP contribution is 2.60. The fourth-order valence-corrected chi connectivity index (χ4v) is 4.57. The van der Waals surface area contributed by atoms with E-state index in [2.05, 4.69) is 35.0 Å². The summed E-state index contributed by atoms with van der Waals surface area (Å²) in [5, 5.41) is 0. The Morgan fingerprint density at radius 1 is 1.15 bits per heavy atom. The zero-order valence-corrected chi connectivity index (χ0v) is 18.8. The highest BCUT2D eigenvalue weighted by atomic mass is 79.9. The number of thioether (sulfide) groups is 1. The second-order valence-corrected chi connectivity index (χ2v) is 9.24. The smallest absolute Gasteiger partial charge is 0.320 e. The third kappa shape index (κ3) is 6.68. The average molecular weight is 481 g/mol. The van der Waals surface area contributed by atoms with Gasteiger partial charge in [-0.1, -0.05) is 66.2 Å². The van der Waals surface area contributed by atoms with Crippen molar-refractivity contribution in [1.82, 2.24) is 0 Å². The molecule has 2 N–H and O–H groups in total. The molecule has 0 amide bonds. The summed E-state index contributed by atoms with van der Waals surface area (Å²) in [4.78, 5) is 17.7. The molecule has 0 heterocycles. The molecule has 0 aliphatic rings. The van der Waals surface area contributed by atoms with Crippen LogP contribution in [0.15, 0.2) is 46.9 Å². The largest absolute Gasteiger partial charge is 0.399 e. The molecule has 2 aromatic carbocycles. The molecule has 150 valence electrons. The van der Waals surface area contributed by atoms with Gasteiger partial charge in [0.15, 0.2) is 0 Å². The number of halogens is 3. The Morgan fingerprint density at radius 2 is 1.78 bits per heavy atom. The lowest BCUT2D eigenvalue weighted by molar-refractivity contribution is 0.0557. The molecule has 2 aromatic rings. The number of hydrogen-bond acceptors (Lipinski definition) is 2. The maximum atomic E-state index is 13.8. The van der Waals surface area contributed by atoms with Crippen LogP contribution in [0.1, 0.15) is 36.1 Å². The molecule has 0 aromatic heterocycles. The Labute approximate surface area is 171 Å². The average Bonchev–Trinajstić information content (AvgIpc) is 2.61. The quantitative estimate of drug-likeness (QED) is 0.351. The van der Waals surface area contributed by atoms with E-state index in [-0.39, 0.29) is 4.47 Å². The van der Waals surface area contributed by atoms with Crippen LogP contribution in [0, 0.1) is 6.92 Å². The van der Waals surface area contributed by atoms with Crippen molar-refractivity contribution in [3.05, 3.63) is 69.2 Å². The van der Waals surface area contributed by atoms with Crippen molar-refractivity contribution in [1.29, 1.82) is 0 Å². The first-order valence-corrected chi connectivity index (χ1v) is 12.0. The van der Waals surface area contributed by atoms with E-state index in [1.54, 1.807) is 11.8 Å². The molecule has 0 fully saturated rings. The monoisotopic (exact) mass is 480 g/mol. The van der Waals surface area contributed by atoms with Gasteiger partial charge in [0.2, 0.25) is 0 Å². The van der Waals surface area contributed by atoms with E-state index >= 15 is 0 Å². The van der Waals surface area contributed by atoms with Crippen molar-refractivity contribution in [3.63, 3.8) is 0 Å². The predicted molar refractivity (Wildman–Crippen MR) is 112 cm³/mol. The van der Waals surface area contributed by atoms with E-state index in [4.69, 9.17) is 9.79 Å². The first-order valence-electron chi connectivity index (χ1n) is 8.47. The van der Waals surface area contributed by atoms with E-state index < -0.39 is 18.8 Å². The highest BCUT2D eigenvalue weighted by molar-refractivity contribution is 9.10. The number of hydrogen-bond donors (Lipinski definition) is 2. The fraction of sp³-hybridized carbons (Fsp3) is 0.368. The van der Waals surface area contributed by atoms with Crippen molar-refractivity contribution in [2.45, 2.75) is 38.6 Å². The summed E-state index contributed by atoms with van der Waals surface area (Å²) < 4.78 is 38.6. The number of benzene rings is 2. The first-order chi connectivity index (χ1) is 12.6. The lowest BCUT2D eigenvalue weighted by Crippen LogP contribution is -2.14. The lowest BCUT2D eigenvalue weighted by atomic mass is 10.1. The summed E-state index contributed by atoms with van der Waals surface area (Å²) >= 11 is 4.67. The fourth-order valence-electron chi connectivity index (χ4n) is 2.31. The molecule has 0 saturated carbocycles. The van der Waals surface area contributed by atoms with Gasteiger partial charge in [0, 0.05) is 15.8 Å². The van der Waals surface area contributed by atoms with E-state index in [1.165, 1.54) is 23.3 Å². The van der Waals surface area contributed by atoms with E-state index in [0.29, 0.717) is 5.75 Å². The summed E-state index contributed by atoms with van der Waals surface area (Å²) in [7, 11) is -5.57. The van der Waals surface area contributed by atoms with Crippen LogP contribution in [-0.2, 0) is 22.4 Å². The van der Waals surface area contributed by atoms with Crippen LogP contribution in [-0.4, -0.2) is 15.5 Å². The molecule has 3 nitrogen and oxygen atoms in total. The molecular weight excluding hydrogens is 457 g/mol. The van der Waals surface area contributed by atoms with Crippen LogP contribution < -0.4 is 0 Å². The third-order valence-corrected chi connectivity index (χ3v) is 6.43. The molecule has 0 aliphatic heterocycles. The van der Waals surface area contributed by atoms with Crippen LogP contribution in [0.25, 0.3) is 0 Å². The second kappa shape index (κ2) is 10.7. The molecule has 0 radical (unpaired) electrons. The van der Waals surface area contributed by atoms with Gasteiger partial charge < -0.3 is 9.79 Å². The second-order valence-electron chi connectivity index (χ2n) is 5.63. The Hall–Kier alpha value is -0.720. The van der Waals surface area contributed by atoms with Gasteiger partial charge >= 0.3 is 13.3 Å². The normalized spacial score (nSPS) is 11.7. The van der Waals surface area contributed by atoms with Crippen LogP contribution in [0.5, 0.6) is 0 Å².